The average molecular weight is 383 g/mol. The summed E-state index contributed by atoms with van der Waals surface area (Å²) >= 11 is 5.93. The molecule has 0 aliphatic carbocycles. The molecule has 3 rings (SSSR count). The smallest absolute Gasteiger partial charge is 0.222 e. The van der Waals surface area contributed by atoms with Gasteiger partial charge in [0, 0.05) is 17.4 Å². The van der Waals surface area contributed by atoms with E-state index in [-0.39, 0.29) is 29.9 Å². The van der Waals surface area contributed by atoms with Crippen LogP contribution in [0, 0.1) is 0 Å². The minimum absolute atomic E-state index is 0.125. The lowest BCUT2D eigenvalue weighted by Gasteiger charge is -2.21. The molecule has 1 fully saturated rings. The molecule has 1 saturated heterocycles. The minimum Gasteiger partial charge on any atom is -0.390 e. The molecule has 0 bridgehead atoms. The van der Waals surface area contributed by atoms with Crippen LogP contribution in [0.3, 0.4) is 0 Å². The van der Waals surface area contributed by atoms with Crippen molar-refractivity contribution in [3.63, 3.8) is 0 Å². The molecule has 2 N–H and O–H groups in total. The largest absolute Gasteiger partial charge is 0.390 e. The zero-order valence-electron chi connectivity index (χ0n) is 13.4. The zero-order valence-corrected chi connectivity index (χ0v) is 14.9. The van der Waals surface area contributed by atoms with Crippen LogP contribution in [0.15, 0.2) is 48.8 Å². The number of benzene rings is 1. The van der Waals surface area contributed by atoms with Crippen LogP contribution >= 0.6 is 11.6 Å². The lowest BCUT2D eigenvalue weighted by atomic mass is 10.0. The fraction of sp³-hybridized carbons (Fsp3) is 0.353. The molecule has 3 unspecified atom stereocenters. The van der Waals surface area contributed by atoms with Gasteiger partial charge >= 0.3 is 0 Å². The van der Waals surface area contributed by atoms with Gasteiger partial charge in [0.2, 0.25) is 5.91 Å². The molecule has 1 aromatic heterocycles. The van der Waals surface area contributed by atoms with Crippen LogP contribution in [0.4, 0.5) is 0 Å². The van der Waals surface area contributed by atoms with Crippen LogP contribution in [-0.4, -0.2) is 47.7 Å². The standard InChI is InChI=1S/C17H19ClN2O4S/c18-13-5-3-12(4-6-13)15(20-7-1-2-8-20)9-17(22)19-14-10-25(23,24)11-16(14)21/h1-8,14-16,21H,9-11H2,(H,19,22). The molecule has 1 aromatic carbocycles. The van der Waals surface area contributed by atoms with Gasteiger partial charge in [0.15, 0.2) is 9.84 Å². The molecule has 6 nitrogen and oxygen atoms in total. The van der Waals surface area contributed by atoms with E-state index in [0.29, 0.717) is 5.02 Å². The number of halogens is 1. The number of nitrogens with one attached hydrogen (secondary N) is 1. The predicted molar refractivity (Wildman–Crippen MR) is 95.2 cm³/mol. The number of carbonyl (C=O) groups is 1. The fourth-order valence-corrected chi connectivity index (χ4v) is 4.91. The first kappa shape index (κ1) is 18.0. The molecule has 1 aliphatic heterocycles. The summed E-state index contributed by atoms with van der Waals surface area (Å²) in [5.74, 6) is -0.847. The van der Waals surface area contributed by atoms with Gasteiger partial charge in [-0.25, -0.2) is 8.42 Å². The molecule has 2 aromatic rings. The Labute approximate surface area is 151 Å². The van der Waals surface area contributed by atoms with E-state index >= 15 is 0 Å². The van der Waals surface area contributed by atoms with Crippen LogP contribution in [-0.2, 0) is 14.6 Å². The number of aliphatic hydroxyl groups is 1. The number of aromatic nitrogens is 1. The Morgan fingerprint density at radius 2 is 1.88 bits per heavy atom. The Morgan fingerprint density at radius 1 is 1.24 bits per heavy atom. The molecule has 3 atom stereocenters. The van der Waals surface area contributed by atoms with Gasteiger partial charge in [-0.1, -0.05) is 23.7 Å². The number of sulfone groups is 1. The van der Waals surface area contributed by atoms with E-state index in [1.54, 1.807) is 12.1 Å². The number of hydrogen-bond donors (Lipinski definition) is 2. The number of carbonyl (C=O) groups excluding carboxylic acids is 1. The van der Waals surface area contributed by atoms with Gasteiger partial charge in [0.05, 0.1) is 36.1 Å². The molecular weight excluding hydrogens is 364 g/mol. The van der Waals surface area contributed by atoms with Crippen molar-refractivity contribution in [2.45, 2.75) is 24.6 Å². The van der Waals surface area contributed by atoms with Gasteiger partial charge in [-0.2, -0.15) is 0 Å². The molecule has 2 heterocycles. The van der Waals surface area contributed by atoms with Crippen molar-refractivity contribution in [1.29, 1.82) is 0 Å². The van der Waals surface area contributed by atoms with Gasteiger partial charge in [-0.15, -0.1) is 0 Å². The zero-order chi connectivity index (χ0) is 18.0. The highest BCUT2D eigenvalue weighted by Gasteiger charge is 2.37. The van der Waals surface area contributed by atoms with Gasteiger partial charge in [0.1, 0.15) is 0 Å². The highest BCUT2D eigenvalue weighted by molar-refractivity contribution is 7.91. The highest BCUT2D eigenvalue weighted by atomic mass is 35.5. The van der Waals surface area contributed by atoms with E-state index in [2.05, 4.69) is 5.32 Å². The molecule has 1 amide bonds. The summed E-state index contributed by atoms with van der Waals surface area (Å²) < 4.78 is 25.0. The summed E-state index contributed by atoms with van der Waals surface area (Å²) in [7, 11) is -3.30. The third-order valence-corrected chi connectivity index (χ3v) is 6.26. The maximum Gasteiger partial charge on any atom is 0.222 e. The molecule has 25 heavy (non-hydrogen) atoms. The van der Waals surface area contributed by atoms with Crippen LogP contribution in [0.25, 0.3) is 0 Å². The van der Waals surface area contributed by atoms with Crippen molar-refractivity contribution < 1.29 is 18.3 Å². The Kier molecular flexibility index (Phi) is 5.17. The molecule has 0 saturated carbocycles. The number of nitrogens with zero attached hydrogens (tertiary/aromatic N) is 1. The second-order valence-corrected chi connectivity index (χ2v) is 8.81. The van der Waals surface area contributed by atoms with Gasteiger partial charge < -0.3 is 15.0 Å². The van der Waals surface area contributed by atoms with E-state index in [9.17, 15) is 18.3 Å². The lowest BCUT2D eigenvalue weighted by molar-refractivity contribution is -0.122. The van der Waals surface area contributed by atoms with E-state index in [4.69, 9.17) is 11.6 Å². The van der Waals surface area contributed by atoms with E-state index in [1.807, 2.05) is 41.2 Å². The third kappa shape index (κ3) is 4.42. The van der Waals surface area contributed by atoms with E-state index in [0.717, 1.165) is 5.56 Å². The lowest BCUT2D eigenvalue weighted by Crippen LogP contribution is -2.43. The van der Waals surface area contributed by atoms with Crippen LogP contribution in [0.1, 0.15) is 18.0 Å². The summed E-state index contributed by atoms with van der Waals surface area (Å²) in [6, 6.07) is 9.97. The van der Waals surface area contributed by atoms with Crippen molar-refractivity contribution in [1.82, 2.24) is 9.88 Å². The quantitative estimate of drug-likeness (QED) is 0.818. The second-order valence-electron chi connectivity index (χ2n) is 6.22. The van der Waals surface area contributed by atoms with Crippen molar-refractivity contribution in [3.8, 4) is 0 Å². The monoisotopic (exact) mass is 382 g/mol. The van der Waals surface area contributed by atoms with Crippen LogP contribution < -0.4 is 5.32 Å². The Hall–Kier alpha value is -1.83. The predicted octanol–water partition coefficient (Wildman–Crippen LogP) is 1.40. The Bertz CT molecular complexity index is 834. The van der Waals surface area contributed by atoms with Crippen LogP contribution in [0.2, 0.25) is 5.02 Å². The van der Waals surface area contributed by atoms with E-state index in [1.165, 1.54) is 0 Å². The first-order valence-corrected chi connectivity index (χ1v) is 10.1. The number of rotatable bonds is 5. The number of aliphatic hydroxyl groups excluding tert-OH is 1. The number of amides is 1. The molecule has 0 spiro atoms. The summed E-state index contributed by atoms with van der Waals surface area (Å²) in [5, 5.41) is 13.1. The molecule has 8 heteroatoms. The maximum absolute atomic E-state index is 12.4. The average Bonchev–Trinajstić information content (AvgIpc) is 3.14. The van der Waals surface area contributed by atoms with Gasteiger partial charge in [0.25, 0.3) is 0 Å². The van der Waals surface area contributed by atoms with Crippen molar-refractivity contribution in [2.24, 2.45) is 0 Å². The molecular formula is C17H19ClN2O4S. The fourth-order valence-electron chi connectivity index (χ4n) is 3.04. The number of hydrogen-bond acceptors (Lipinski definition) is 4. The topological polar surface area (TPSA) is 88.4 Å². The summed E-state index contributed by atoms with van der Waals surface area (Å²) in [6.07, 6.45) is 2.79. The first-order valence-electron chi connectivity index (χ1n) is 7.90. The van der Waals surface area contributed by atoms with Crippen molar-refractivity contribution in [2.75, 3.05) is 11.5 Å². The molecule has 1 aliphatic rings. The summed E-state index contributed by atoms with van der Waals surface area (Å²) in [5.41, 5.74) is 0.912. The Balaban J connectivity index is 1.74. The van der Waals surface area contributed by atoms with Gasteiger partial charge in [-0.05, 0) is 29.8 Å². The van der Waals surface area contributed by atoms with E-state index < -0.39 is 22.0 Å². The van der Waals surface area contributed by atoms with Crippen molar-refractivity contribution >= 4 is 27.3 Å². The normalized spacial score (nSPS) is 23.3. The molecule has 134 valence electrons. The second kappa shape index (κ2) is 7.19. The minimum atomic E-state index is -3.30. The highest BCUT2D eigenvalue weighted by Crippen LogP contribution is 2.24. The first-order chi connectivity index (χ1) is 11.8. The Morgan fingerprint density at radius 3 is 2.44 bits per heavy atom. The van der Waals surface area contributed by atoms with Gasteiger partial charge in [-0.3, -0.25) is 4.79 Å². The maximum atomic E-state index is 12.4. The molecule has 0 radical (unpaired) electrons. The SMILES string of the molecule is O=C(CC(c1ccc(Cl)cc1)n1cccc1)NC1CS(=O)(=O)CC1O. The summed E-state index contributed by atoms with van der Waals surface area (Å²) in [4.78, 5) is 12.4. The van der Waals surface area contributed by atoms with Crippen molar-refractivity contribution in [3.05, 3.63) is 59.4 Å². The van der Waals surface area contributed by atoms with Crippen LogP contribution in [0.5, 0.6) is 0 Å². The summed E-state index contributed by atoms with van der Waals surface area (Å²) in [6.45, 7) is 0. The third-order valence-electron chi connectivity index (χ3n) is 4.29.